The summed E-state index contributed by atoms with van der Waals surface area (Å²) < 4.78 is 0. The highest BCUT2D eigenvalue weighted by Gasteiger charge is 2.27. The number of rotatable bonds is 9. The van der Waals surface area contributed by atoms with E-state index in [2.05, 4.69) is 9.98 Å². The van der Waals surface area contributed by atoms with Crippen LogP contribution < -0.4 is 11.5 Å². The molecule has 1 fully saturated rings. The van der Waals surface area contributed by atoms with Crippen molar-refractivity contribution in [3.8, 4) is 0 Å². The van der Waals surface area contributed by atoms with Crippen molar-refractivity contribution in [3.63, 3.8) is 0 Å². The monoisotopic (exact) mass is 337 g/mol. The Balaban J connectivity index is 1.74. The number of unbranched alkanes of at least 4 members (excludes halogenated alkanes) is 3. The van der Waals surface area contributed by atoms with Gasteiger partial charge in [-0.05, 0) is 50.3 Å². The summed E-state index contributed by atoms with van der Waals surface area (Å²) in [6.45, 7) is 1.59. The Bertz CT molecular complexity index is 762. The number of hydrogen-bond donors (Lipinski definition) is 2. The molecule has 5 heteroatoms. The molecule has 0 atom stereocenters. The second kappa shape index (κ2) is 8.72. The van der Waals surface area contributed by atoms with E-state index in [-0.39, 0.29) is 0 Å². The number of hydrogen-bond acceptors (Lipinski definition) is 5. The van der Waals surface area contributed by atoms with Crippen molar-refractivity contribution >= 4 is 22.8 Å². The number of nitrogens with two attached hydrogens (primary N) is 2. The lowest BCUT2D eigenvalue weighted by atomic mass is 10.1. The van der Waals surface area contributed by atoms with Crippen LogP contribution in [0.3, 0.4) is 0 Å². The van der Waals surface area contributed by atoms with Crippen LogP contribution in [0.5, 0.6) is 0 Å². The molecule has 1 aromatic heterocycles. The predicted octanol–water partition coefficient (Wildman–Crippen LogP) is 3.30. The van der Waals surface area contributed by atoms with Gasteiger partial charge in [0.1, 0.15) is 0 Å². The van der Waals surface area contributed by atoms with Crippen LogP contribution in [-0.4, -0.2) is 29.3 Å². The molecule has 0 saturated heterocycles. The molecule has 1 aromatic carbocycles. The Kier molecular flexibility index (Phi) is 6.12. The zero-order valence-electron chi connectivity index (χ0n) is 14.7. The maximum absolute atomic E-state index is 6.39. The van der Waals surface area contributed by atoms with E-state index in [4.69, 9.17) is 16.5 Å². The van der Waals surface area contributed by atoms with Gasteiger partial charge in [0.05, 0.1) is 22.9 Å². The molecule has 0 amide bonds. The van der Waals surface area contributed by atoms with Crippen LogP contribution in [0.4, 0.5) is 0 Å². The first-order valence-electron chi connectivity index (χ1n) is 9.21. The molecule has 132 valence electrons. The number of benzene rings is 1. The van der Waals surface area contributed by atoms with Crippen LogP contribution in [0.2, 0.25) is 0 Å². The fourth-order valence-electron chi connectivity index (χ4n) is 2.85. The maximum Gasteiger partial charge on any atom is 0.0925 e. The lowest BCUT2D eigenvalue weighted by Gasteiger charge is -2.08. The van der Waals surface area contributed by atoms with Crippen LogP contribution >= 0.6 is 0 Å². The van der Waals surface area contributed by atoms with E-state index < -0.39 is 0 Å². The van der Waals surface area contributed by atoms with E-state index in [0.717, 1.165) is 66.8 Å². The Morgan fingerprint density at radius 1 is 1.12 bits per heavy atom. The highest BCUT2D eigenvalue weighted by molar-refractivity contribution is 6.10. The van der Waals surface area contributed by atoms with E-state index in [0.29, 0.717) is 5.92 Å². The van der Waals surface area contributed by atoms with E-state index >= 15 is 0 Å². The smallest absolute Gasteiger partial charge is 0.0925 e. The molecule has 4 N–H and O–H groups in total. The molecule has 2 aromatic rings. The van der Waals surface area contributed by atoms with Crippen LogP contribution in [0.25, 0.3) is 16.6 Å². The minimum Gasteiger partial charge on any atom is -0.401 e. The molecule has 1 aliphatic carbocycles. The van der Waals surface area contributed by atoms with Gasteiger partial charge in [-0.25, -0.2) is 4.98 Å². The molecule has 0 aliphatic heterocycles. The molecular formula is C20H27N5. The summed E-state index contributed by atoms with van der Waals surface area (Å²) >= 11 is 0. The third kappa shape index (κ3) is 4.86. The fraction of sp³-hybridized carbons (Fsp3) is 0.450. The normalized spacial score (nSPS) is 15.7. The largest absolute Gasteiger partial charge is 0.401 e. The first-order valence-corrected chi connectivity index (χ1v) is 9.21. The summed E-state index contributed by atoms with van der Waals surface area (Å²) in [5, 5.41) is 0. The molecule has 3 rings (SSSR count). The summed E-state index contributed by atoms with van der Waals surface area (Å²) in [7, 11) is 0. The topological polar surface area (TPSA) is 90.2 Å². The number of fused-ring (bicyclic) bond motifs is 1. The summed E-state index contributed by atoms with van der Waals surface area (Å²) in [6, 6.07) is 7.89. The van der Waals surface area contributed by atoms with Gasteiger partial charge < -0.3 is 11.5 Å². The van der Waals surface area contributed by atoms with Crippen LogP contribution in [0.1, 0.15) is 44.2 Å². The fourth-order valence-corrected chi connectivity index (χ4v) is 2.85. The van der Waals surface area contributed by atoms with E-state index in [1.807, 2.05) is 30.5 Å². The van der Waals surface area contributed by atoms with Crippen molar-refractivity contribution in [2.45, 2.75) is 38.5 Å². The zero-order valence-corrected chi connectivity index (χ0v) is 14.7. The van der Waals surface area contributed by atoms with Gasteiger partial charge in [0.2, 0.25) is 0 Å². The molecule has 5 nitrogen and oxygen atoms in total. The van der Waals surface area contributed by atoms with Crippen molar-refractivity contribution in [3.05, 3.63) is 41.9 Å². The van der Waals surface area contributed by atoms with Crippen molar-refractivity contribution < 1.29 is 0 Å². The van der Waals surface area contributed by atoms with Gasteiger partial charge in [-0.1, -0.05) is 25.0 Å². The third-order valence-corrected chi connectivity index (χ3v) is 4.51. The highest BCUT2D eigenvalue weighted by atomic mass is 14.8. The number of aliphatic imine (C=N–C) groups is 1. The summed E-state index contributed by atoms with van der Waals surface area (Å²) in [5.74, 6) is 0.472. The standard InChI is InChI=1S/C20H27N5/c21-11-5-1-2-6-12-23-13-16(20(22)15-9-10-15)19-14-24-17-7-3-4-8-18(17)25-19/h3-4,7-8,13-15H,1-2,5-6,9-12,21-22H2. The average Bonchev–Trinajstić information content (AvgIpc) is 3.48. The van der Waals surface area contributed by atoms with Crippen LogP contribution in [0, 0.1) is 5.92 Å². The van der Waals surface area contributed by atoms with Gasteiger partial charge in [-0.2, -0.15) is 0 Å². The molecule has 0 spiro atoms. The average molecular weight is 337 g/mol. The van der Waals surface area contributed by atoms with Gasteiger partial charge in [0.15, 0.2) is 0 Å². The lowest BCUT2D eigenvalue weighted by molar-refractivity contribution is 0.654. The molecule has 25 heavy (non-hydrogen) atoms. The quantitative estimate of drug-likeness (QED) is 0.542. The van der Waals surface area contributed by atoms with Gasteiger partial charge in [0.25, 0.3) is 0 Å². The SMILES string of the molecule is NCCCCCCN=CC(=C(N)C1CC1)c1cnc2ccccc2n1. The van der Waals surface area contributed by atoms with Crippen molar-refractivity contribution in [1.29, 1.82) is 0 Å². The number of nitrogens with zero attached hydrogens (tertiary/aromatic N) is 3. The van der Waals surface area contributed by atoms with E-state index in [9.17, 15) is 0 Å². The number of aromatic nitrogens is 2. The Morgan fingerprint density at radius 2 is 1.88 bits per heavy atom. The molecule has 1 aliphatic rings. The molecule has 1 saturated carbocycles. The van der Waals surface area contributed by atoms with Crippen molar-refractivity contribution in [2.24, 2.45) is 22.4 Å². The van der Waals surface area contributed by atoms with Crippen molar-refractivity contribution in [2.75, 3.05) is 13.1 Å². The third-order valence-electron chi connectivity index (χ3n) is 4.51. The van der Waals surface area contributed by atoms with E-state index in [1.165, 1.54) is 12.8 Å². The highest BCUT2D eigenvalue weighted by Crippen LogP contribution is 2.36. The van der Waals surface area contributed by atoms with Crippen LogP contribution in [0.15, 0.2) is 41.2 Å². The molecule has 1 heterocycles. The van der Waals surface area contributed by atoms with Gasteiger partial charge in [-0.15, -0.1) is 0 Å². The minimum atomic E-state index is 0.472. The molecule has 0 bridgehead atoms. The zero-order chi connectivity index (χ0) is 17.5. The summed E-state index contributed by atoms with van der Waals surface area (Å²) in [5.41, 5.74) is 16.3. The Hall–Kier alpha value is -2.27. The Morgan fingerprint density at radius 3 is 2.64 bits per heavy atom. The second-order valence-corrected chi connectivity index (χ2v) is 6.63. The van der Waals surface area contributed by atoms with Crippen molar-refractivity contribution in [1.82, 2.24) is 9.97 Å². The summed E-state index contributed by atoms with van der Waals surface area (Å²) in [4.78, 5) is 13.9. The van der Waals surface area contributed by atoms with Gasteiger partial charge >= 0.3 is 0 Å². The number of para-hydroxylation sites is 2. The molecule has 0 radical (unpaired) electrons. The van der Waals surface area contributed by atoms with Crippen LogP contribution in [-0.2, 0) is 0 Å². The lowest BCUT2D eigenvalue weighted by Crippen LogP contribution is -2.07. The van der Waals surface area contributed by atoms with Gasteiger partial charge in [0, 0.05) is 24.0 Å². The minimum absolute atomic E-state index is 0.472. The van der Waals surface area contributed by atoms with Gasteiger partial charge in [-0.3, -0.25) is 9.98 Å². The maximum atomic E-state index is 6.39. The second-order valence-electron chi connectivity index (χ2n) is 6.63. The predicted molar refractivity (Wildman–Crippen MR) is 104 cm³/mol. The number of allylic oxidation sites excluding steroid dienone is 2. The van der Waals surface area contributed by atoms with E-state index in [1.54, 1.807) is 6.20 Å². The first kappa shape index (κ1) is 17.5. The molecular weight excluding hydrogens is 310 g/mol. The molecule has 0 unspecified atom stereocenters. The summed E-state index contributed by atoms with van der Waals surface area (Å²) in [6.07, 6.45) is 10.5. The Labute approximate surface area is 149 Å². The first-order chi connectivity index (χ1) is 12.3.